The third-order valence-corrected chi connectivity index (χ3v) is 2.12. The van der Waals surface area contributed by atoms with Gasteiger partial charge in [0.15, 0.2) is 6.29 Å². The van der Waals surface area contributed by atoms with Gasteiger partial charge < -0.3 is 5.11 Å². The normalized spacial score (nSPS) is 10.2. The molecule has 1 aromatic carbocycles. The van der Waals surface area contributed by atoms with Gasteiger partial charge in [0.25, 0.3) is 0 Å². The van der Waals surface area contributed by atoms with E-state index in [2.05, 4.69) is 5.10 Å². The number of benzene rings is 1. The summed E-state index contributed by atoms with van der Waals surface area (Å²) in [5.74, 6) is 0. The molecule has 0 atom stereocenters. The molecule has 2 rings (SSSR count). The van der Waals surface area contributed by atoms with Gasteiger partial charge in [-0.1, -0.05) is 18.2 Å². The van der Waals surface area contributed by atoms with Crippen molar-refractivity contribution in [3.63, 3.8) is 0 Å². The van der Waals surface area contributed by atoms with Gasteiger partial charge >= 0.3 is 0 Å². The summed E-state index contributed by atoms with van der Waals surface area (Å²) in [6, 6.07) is 9.43. The molecule has 1 aromatic heterocycles. The zero-order chi connectivity index (χ0) is 10.7. The SMILES string of the molecule is O=Cc1cn(-c2ccccc2)nc1CO. The molecule has 4 heteroatoms. The topological polar surface area (TPSA) is 55.1 Å². The second kappa shape index (κ2) is 4.06. The molecule has 0 saturated carbocycles. The highest BCUT2D eigenvalue weighted by Crippen LogP contribution is 2.10. The number of aromatic nitrogens is 2. The molecule has 0 bridgehead atoms. The Morgan fingerprint density at radius 3 is 2.60 bits per heavy atom. The highest BCUT2D eigenvalue weighted by Gasteiger charge is 2.07. The molecule has 4 nitrogen and oxygen atoms in total. The van der Waals surface area contributed by atoms with E-state index in [-0.39, 0.29) is 6.61 Å². The van der Waals surface area contributed by atoms with Gasteiger partial charge in [-0.25, -0.2) is 4.68 Å². The highest BCUT2D eigenvalue weighted by molar-refractivity contribution is 5.76. The van der Waals surface area contributed by atoms with Crippen molar-refractivity contribution < 1.29 is 9.90 Å². The standard InChI is InChI=1S/C11H10N2O2/c14-7-9-6-13(12-11(9)8-15)10-4-2-1-3-5-10/h1-7,15H,8H2. The molecule has 0 aliphatic heterocycles. The number of aldehydes is 1. The van der Waals surface area contributed by atoms with Crippen LogP contribution in [0.2, 0.25) is 0 Å². The Morgan fingerprint density at radius 2 is 2.07 bits per heavy atom. The minimum Gasteiger partial charge on any atom is -0.390 e. The molecule has 1 heterocycles. The highest BCUT2D eigenvalue weighted by atomic mass is 16.3. The fourth-order valence-corrected chi connectivity index (χ4v) is 1.36. The average Bonchev–Trinajstić information content (AvgIpc) is 2.73. The molecule has 2 aromatic rings. The van der Waals surface area contributed by atoms with Crippen LogP contribution in [0.4, 0.5) is 0 Å². The molecule has 0 amide bonds. The lowest BCUT2D eigenvalue weighted by Gasteiger charge is -1.98. The van der Waals surface area contributed by atoms with Gasteiger partial charge in [-0.15, -0.1) is 0 Å². The summed E-state index contributed by atoms with van der Waals surface area (Å²) in [4.78, 5) is 10.7. The van der Waals surface area contributed by atoms with Crippen LogP contribution in [0, 0.1) is 0 Å². The molecule has 0 radical (unpaired) electrons. The van der Waals surface area contributed by atoms with Gasteiger partial charge in [0.05, 0.1) is 23.6 Å². The van der Waals surface area contributed by atoms with Crippen molar-refractivity contribution >= 4 is 6.29 Å². The van der Waals surface area contributed by atoms with E-state index >= 15 is 0 Å². The van der Waals surface area contributed by atoms with Gasteiger partial charge in [0.1, 0.15) is 0 Å². The van der Waals surface area contributed by atoms with Crippen LogP contribution in [0.25, 0.3) is 5.69 Å². The second-order valence-electron chi connectivity index (χ2n) is 3.09. The molecule has 0 fully saturated rings. The summed E-state index contributed by atoms with van der Waals surface area (Å²) < 4.78 is 1.58. The summed E-state index contributed by atoms with van der Waals surface area (Å²) >= 11 is 0. The first-order valence-electron chi connectivity index (χ1n) is 4.55. The van der Waals surface area contributed by atoms with Crippen molar-refractivity contribution in [2.24, 2.45) is 0 Å². The Hall–Kier alpha value is -1.94. The Kier molecular flexibility index (Phi) is 2.60. The van der Waals surface area contributed by atoms with Crippen LogP contribution in [0.15, 0.2) is 36.5 Å². The number of nitrogens with zero attached hydrogens (tertiary/aromatic N) is 2. The summed E-state index contributed by atoms with van der Waals surface area (Å²) in [6.07, 6.45) is 2.30. The quantitative estimate of drug-likeness (QED) is 0.760. The molecule has 0 unspecified atom stereocenters. The predicted molar refractivity (Wildman–Crippen MR) is 54.9 cm³/mol. The summed E-state index contributed by atoms with van der Waals surface area (Å²) in [7, 11) is 0. The zero-order valence-corrected chi connectivity index (χ0v) is 8.00. The van der Waals surface area contributed by atoms with E-state index in [4.69, 9.17) is 5.11 Å². The molecular weight excluding hydrogens is 192 g/mol. The first-order valence-corrected chi connectivity index (χ1v) is 4.55. The first kappa shape index (κ1) is 9.61. The molecule has 0 aliphatic carbocycles. The Morgan fingerprint density at radius 1 is 1.33 bits per heavy atom. The third kappa shape index (κ3) is 1.80. The number of carbonyl (C=O) groups excluding carboxylic acids is 1. The first-order chi connectivity index (χ1) is 7.35. The van der Waals surface area contributed by atoms with E-state index in [1.54, 1.807) is 10.9 Å². The van der Waals surface area contributed by atoms with Crippen LogP contribution < -0.4 is 0 Å². The second-order valence-corrected chi connectivity index (χ2v) is 3.09. The van der Waals surface area contributed by atoms with E-state index in [1.807, 2.05) is 30.3 Å². The van der Waals surface area contributed by atoms with Gasteiger partial charge in [-0.2, -0.15) is 5.10 Å². The van der Waals surface area contributed by atoms with Gasteiger partial charge in [0, 0.05) is 6.20 Å². The maximum absolute atomic E-state index is 10.7. The minimum absolute atomic E-state index is 0.228. The maximum atomic E-state index is 10.7. The van der Waals surface area contributed by atoms with E-state index in [0.717, 1.165) is 5.69 Å². The van der Waals surface area contributed by atoms with Crippen LogP contribution in [0.1, 0.15) is 16.1 Å². The Labute approximate surface area is 86.8 Å². The number of aliphatic hydroxyl groups is 1. The van der Waals surface area contributed by atoms with E-state index in [1.165, 1.54) is 0 Å². The number of hydrogen-bond acceptors (Lipinski definition) is 3. The van der Waals surface area contributed by atoms with Crippen LogP contribution in [0.3, 0.4) is 0 Å². The number of carbonyl (C=O) groups is 1. The van der Waals surface area contributed by atoms with Crippen LogP contribution in [0.5, 0.6) is 0 Å². The number of para-hydroxylation sites is 1. The number of rotatable bonds is 3. The smallest absolute Gasteiger partial charge is 0.153 e. The average molecular weight is 202 g/mol. The van der Waals surface area contributed by atoms with E-state index in [9.17, 15) is 4.79 Å². The lowest BCUT2D eigenvalue weighted by atomic mass is 10.3. The molecule has 0 saturated heterocycles. The fourth-order valence-electron chi connectivity index (χ4n) is 1.36. The molecule has 0 spiro atoms. The van der Waals surface area contributed by atoms with Crippen molar-refractivity contribution in [1.82, 2.24) is 9.78 Å². The van der Waals surface area contributed by atoms with E-state index < -0.39 is 0 Å². The lowest BCUT2D eigenvalue weighted by molar-refractivity contribution is 0.112. The van der Waals surface area contributed by atoms with Crippen LogP contribution in [-0.2, 0) is 6.61 Å². The Bertz CT molecular complexity index is 463. The minimum atomic E-state index is -0.228. The van der Waals surface area contributed by atoms with Gasteiger partial charge in [-0.3, -0.25) is 4.79 Å². The largest absolute Gasteiger partial charge is 0.390 e. The van der Waals surface area contributed by atoms with Gasteiger partial charge in [0.2, 0.25) is 0 Å². The van der Waals surface area contributed by atoms with Crippen molar-refractivity contribution in [3.05, 3.63) is 47.8 Å². The van der Waals surface area contributed by atoms with Crippen LogP contribution >= 0.6 is 0 Å². The molecule has 15 heavy (non-hydrogen) atoms. The lowest BCUT2D eigenvalue weighted by Crippen LogP contribution is -1.95. The summed E-state index contributed by atoms with van der Waals surface area (Å²) in [5, 5.41) is 13.1. The fraction of sp³-hybridized carbons (Fsp3) is 0.0909. The van der Waals surface area contributed by atoms with Crippen molar-refractivity contribution in [2.45, 2.75) is 6.61 Å². The molecule has 76 valence electrons. The zero-order valence-electron chi connectivity index (χ0n) is 8.00. The van der Waals surface area contributed by atoms with Crippen molar-refractivity contribution in [1.29, 1.82) is 0 Å². The summed E-state index contributed by atoms with van der Waals surface area (Å²) in [6.45, 7) is -0.228. The Balaban J connectivity index is 2.46. The maximum Gasteiger partial charge on any atom is 0.153 e. The van der Waals surface area contributed by atoms with Crippen molar-refractivity contribution in [3.8, 4) is 5.69 Å². The summed E-state index contributed by atoms with van der Waals surface area (Å²) in [5.41, 5.74) is 1.68. The molecule has 1 N–H and O–H groups in total. The molecule has 0 aliphatic rings. The third-order valence-electron chi connectivity index (χ3n) is 2.12. The number of aliphatic hydroxyl groups excluding tert-OH is 1. The van der Waals surface area contributed by atoms with Crippen molar-refractivity contribution in [2.75, 3.05) is 0 Å². The predicted octanol–water partition coefficient (Wildman–Crippen LogP) is 1.18. The number of hydrogen-bond donors (Lipinski definition) is 1. The van der Waals surface area contributed by atoms with Gasteiger partial charge in [-0.05, 0) is 12.1 Å². The monoisotopic (exact) mass is 202 g/mol. The van der Waals surface area contributed by atoms with Crippen LogP contribution in [-0.4, -0.2) is 21.2 Å². The van der Waals surface area contributed by atoms with E-state index in [0.29, 0.717) is 17.5 Å². The molecular formula is C11H10N2O2.